The first kappa shape index (κ1) is 19.2. The summed E-state index contributed by atoms with van der Waals surface area (Å²) in [5.41, 5.74) is 0.275. The predicted octanol–water partition coefficient (Wildman–Crippen LogP) is 3.36. The third kappa shape index (κ3) is 4.69. The van der Waals surface area contributed by atoms with Crippen LogP contribution in [0.1, 0.15) is 37.0 Å². The van der Waals surface area contributed by atoms with Gasteiger partial charge in [0.1, 0.15) is 5.60 Å². The van der Waals surface area contributed by atoms with Crippen LogP contribution in [0.4, 0.5) is 0 Å². The number of ether oxygens (including phenoxy) is 1. The molecule has 1 fully saturated rings. The van der Waals surface area contributed by atoms with Crippen molar-refractivity contribution in [3.05, 3.63) is 28.4 Å². The molecule has 1 aliphatic heterocycles. The fourth-order valence-electron chi connectivity index (χ4n) is 2.89. The van der Waals surface area contributed by atoms with Crippen molar-refractivity contribution in [1.29, 1.82) is 0 Å². The first-order valence-corrected chi connectivity index (χ1v) is 10.6. The number of nitrogens with one attached hydrogen (secondary N) is 1. The number of rotatable bonds is 3. The van der Waals surface area contributed by atoms with E-state index in [4.69, 9.17) is 4.74 Å². The predicted molar refractivity (Wildman–Crippen MR) is 113 cm³/mol. The van der Waals surface area contributed by atoms with Crippen LogP contribution in [0, 0.1) is 16.6 Å². The molecule has 6 heteroatoms. The molecule has 1 N–H and O–H groups in total. The SMILES string of the molecule is C[NH+]1CCC(C(C)(C)OC(=O)c2cc(I)cc(I)c2I)CC1. The summed E-state index contributed by atoms with van der Waals surface area (Å²) in [6, 6.07) is 3.99. The highest BCUT2D eigenvalue weighted by atomic mass is 127. The van der Waals surface area contributed by atoms with Gasteiger partial charge in [-0.3, -0.25) is 0 Å². The van der Waals surface area contributed by atoms with Crippen molar-refractivity contribution < 1.29 is 14.4 Å². The smallest absolute Gasteiger partial charge is 0.339 e. The molecule has 1 saturated heterocycles. The Kier molecular flexibility index (Phi) is 6.81. The molecule has 3 nitrogen and oxygen atoms in total. The van der Waals surface area contributed by atoms with Gasteiger partial charge in [-0.25, -0.2) is 4.79 Å². The average molecular weight is 640 g/mol. The van der Waals surface area contributed by atoms with Crippen LogP contribution < -0.4 is 4.90 Å². The van der Waals surface area contributed by atoms with E-state index < -0.39 is 5.60 Å². The quantitative estimate of drug-likeness (QED) is 0.313. The first-order valence-electron chi connectivity index (χ1n) is 7.40. The molecule has 0 unspecified atom stereocenters. The zero-order valence-electron chi connectivity index (χ0n) is 13.0. The molecule has 0 spiro atoms. The number of carbonyl (C=O) groups excluding carboxylic acids is 1. The lowest BCUT2D eigenvalue weighted by Gasteiger charge is -2.37. The summed E-state index contributed by atoms with van der Waals surface area (Å²) in [5, 5.41) is 0. The van der Waals surface area contributed by atoms with Crippen LogP contribution in [0.3, 0.4) is 0 Å². The lowest BCUT2D eigenvalue weighted by atomic mass is 9.83. The number of hydrogen-bond acceptors (Lipinski definition) is 2. The van der Waals surface area contributed by atoms with Crippen LogP contribution in [0.5, 0.6) is 0 Å². The normalized spacial score (nSPS) is 22.5. The van der Waals surface area contributed by atoms with Crippen molar-refractivity contribution in [2.45, 2.75) is 32.3 Å². The maximum Gasteiger partial charge on any atom is 0.339 e. The van der Waals surface area contributed by atoms with Crippen molar-refractivity contribution in [2.75, 3.05) is 20.1 Å². The van der Waals surface area contributed by atoms with E-state index in [0.29, 0.717) is 11.5 Å². The van der Waals surface area contributed by atoms with Gasteiger partial charge in [0, 0.05) is 29.5 Å². The average Bonchev–Trinajstić information content (AvgIpc) is 2.42. The highest BCUT2D eigenvalue weighted by molar-refractivity contribution is 14.1. The number of carbonyl (C=O) groups is 1. The van der Waals surface area contributed by atoms with E-state index in [1.54, 1.807) is 4.90 Å². The first-order chi connectivity index (χ1) is 10.2. The van der Waals surface area contributed by atoms with Crippen molar-refractivity contribution >= 4 is 73.7 Å². The fourth-order valence-corrected chi connectivity index (χ4v) is 5.26. The van der Waals surface area contributed by atoms with Crippen LogP contribution in [-0.2, 0) is 4.74 Å². The molecule has 1 aliphatic rings. The second kappa shape index (κ2) is 7.81. The van der Waals surface area contributed by atoms with Crippen LogP contribution >= 0.6 is 67.8 Å². The van der Waals surface area contributed by atoms with E-state index in [0.717, 1.165) is 36.6 Å². The van der Waals surface area contributed by atoms with Gasteiger partial charge in [-0.1, -0.05) is 0 Å². The lowest BCUT2D eigenvalue weighted by molar-refractivity contribution is -0.886. The zero-order chi connectivity index (χ0) is 16.5. The molecule has 0 bridgehead atoms. The Balaban J connectivity index is 2.14. The summed E-state index contributed by atoms with van der Waals surface area (Å²) in [6.07, 6.45) is 2.24. The fraction of sp³-hybridized carbons (Fsp3) is 0.562. The molecule has 1 heterocycles. The number of likely N-dealkylation sites (tertiary alicyclic amines) is 1. The topological polar surface area (TPSA) is 30.7 Å². The monoisotopic (exact) mass is 640 g/mol. The van der Waals surface area contributed by atoms with Gasteiger partial charge in [-0.05, 0) is 93.8 Å². The summed E-state index contributed by atoms with van der Waals surface area (Å²) in [4.78, 5) is 14.2. The highest BCUT2D eigenvalue weighted by Gasteiger charge is 2.37. The van der Waals surface area contributed by atoms with Crippen molar-refractivity contribution in [1.82, 2.24) is 0 Å². The summed E-state index contributed by atoms with van der Waals surface area (Å²) in [7, 11) is 2.23. The molecule has 1 aromatic rings. The Hall–Kier alpha value is 0.840. The Bertz CT molecular complexity index is 567. The number of hydrogen-bond donors (Lipinski definition) is 1. The Morgan fingerprint density at radius 3 is 2.41 bits per heavy atom. The van der Waals surface area contributed by atoms with E-state index in [2.05, 4.69) is 94.7 Å². The summed E-state index contributed by atoms with van der Waals surface area (Å²) >= 11 is 6.74. The van der Waals surface area contributed by atoms with Crippen molar-refractivity contribution in [3.63, 3.8) is 0 Å². The lowest BCUT2D eigenvalue weighted by Crippen LogP contribution is -3.10. The second-order valence-electron chi connectivity index (χ2n) is 6.47. The molecule has 0 aromatic heterocycles. The Morgan fingerprint density at radius 2 is 1.82 bits per heavy atom. The molecule has 122 valence electrons. The molecule has 0 saturated carbocycles. The van der Waals surface area contributed by atoms with Gasteiger partial charge in [0.15, 0.2) is 0 Å². The van der Waals surface area contributed by atoms with E-state index in [1.165, 1.54) is 0 Å². The van der Waals surface area contributed by atoms with E-state index in [-0.39, 0.29) is 5.97 Å². The number of halogens is 3. The highest BCUT2D eigenvalue weighted by Crippen LogP contribution is 2.30. The van der Waals surface area contributed by atoms with E-state index in [9.17, 15) is 4.79 Å². The largest absolute Gasteiger partial charge is 0.456 e. The molecule has 2 rings (SSSR count). The molecule has 22 heavy (non-hydrogen) atoms. The second-order valence-corrected chi connectivity index (χ2v) is 9.96. The third-order valence-electron chi connectivity index (χ3n) is 4.39. The van der Waals surface area contributed by atoms with Gasteiger partial charge < -0.3 is 9.64 Å². The number of quaternary nitrogens is 1. The standard InChI is InChI=1S/C16H20I3NO2/c1-16(2,10-4-6-20(3)7-5-10)22-15(21)12-8-11(17)9-13(18)14(12)19/h8-10H,4-7H2,1-3H3/p+1. The van der Waals surface area contributed by atoms with Gasteiger partial charge >= 0.3 is 5.97 Å². The molecule has 1 aromatic carbocycles. The minimum atomic E-state index is -0.409. The van der Waals surface area contributed by atoms with Gasteiger partial charge in [-0.2, -0.15) is 0 Å². The van der Waals surface area contributed by atoms with Crippen molar-refractivity contribution in [3.8, 4) is 0 Å². The van der Waals surface area contributed by atoms with Gasteiger partial charge in [0.2, 0.25) is 0 Å². The van der Waals surface area contributed by atoms with Crippen LogP contribution in [0.2, 0.25) is 0 Å². The summed E-state index contributed by atoms with van der Waals surface area (Å²) < 4.78 is 9.07. The molecular weight excluding hydrogens is 619 g/mol. The maximum absolute atomic E-state index is 12.7. The summed E-state index contributed by atoms with van der Waals surface area (Å²) in [6.45, 7) is 6.43. The molecule has 0 amide bonds. The van der Waals surface area contributed by atoms with Crippen LogP contribution in [0.25, 0.3) is 0 Å². The zero-order valence-corrected chi connectivity index (χ0v) is 19.5. The van der Waals surface area contributed by atoms with Crippen LogP contribution in [-0.4, -0.2) is 31.7 Å². The van der Waals surface area contributed by atoms with Gasteiger partial charge in [0.25, 0.3) is 0 Å². The van der Waals surface area contributed by atoms with Crippen molar-refractivity contribution in [2.24, 2.45) is 5.92 Å². The molecule has 0 radical (unpaired) electrons. The molecular formula is C16H21I3NO2+. The van der Waals surface area contributed by atoms with Crippen LogP contribution in [0.15, 0.2) is 12.1 Å². The Morgan fingerprint density at radius 1 is 1.23 bits per heavy atom. The van der Waals surface area contributed by atoms with E-state index in [1.807, 2.05) is 6.07 Å². The minimum absolute atomic E-state index is 0.197. The van der Waals surface area contributed by atoms with Gasteiger partial charge in [-0.15, -0.1) is 0 Å². The number of benzene rings is 1. The summed E-state index contributed by atoms with van der Waals surface area (Å²) in [5.74, 6) is 0.247. The van der Waals surface area contributed by atoms with E-state index >= 15 is 0 Å². The minimum Gasteiger partial charge on any atom is -0.456 e. The molecule has 0 atom stereocenters. The number of esters is 1. The maximum atomic E-state index is 12.7. The number of piperidine rings is 1. The Labute approximate surface area is 173 Å². The van der Waals surface area contributed by atoms with Gasteiger partial charge in [0.05, 0.1) is 25.7 Å². The molecule has 0 aliphatic carbocycles. The third-order valence-corrected chi connectivity index (χ3v) is 8.06.